The fraction of sp³-hybridized carbons (Fsp3) is 0.462. The normalized spacial score (nSPS) is 11.3. The molecule has 4 nitrogen and oxygen atoms in total. The maximum Gasteiger partial charge on any atom is 0.0821 e. The molecule has 2 rings (SSSR count). The van der Waals surface area contributed by atoms with E-state index in [2.05, 4.69) is 53.2 Å². The van der Waals surface area contributed by atoms with E-state index in [1.54, 1.807) is 0 Å². The molecule has 0 spiro atoms. The second kappa shape index (κ2) is 5.19. The summed E-state index contributed by atoms with van der Waals surface area (Å²) >= 11 is 0. The maximum atomic E-state index is 4.56. The van der Waals surface area contributed by atoms with E-state index in [0.717, 1.165) is 18.8 Å². The SMILES string of the molecule is CNCc1cccn1Cc1ccn(C(C)C)n1. The van der Waals surface area contributed by atoms with E-state index in [0.29, 0.717) is 6.04 Å². The number of nitrogens with one attached hydrogen (secondary N) is 1. The highest BCUT2D eigenvalue weighted by Crippen LogP contribution is 2.08. The molecule has 0 fully saturated rings. The molecule has 0 saturated carbocycles. The molecular weight excluding hydrogens is 212 g/mol. The smallest absolute Gasteiger partial charge is 0.0821 e. The van der Waals surface area contributed by atoms with Gasteiger partial charge in [-0.1, -0.05) is 0 Å². The topological polar surface area (TPSA) is 34.8 Å². The first-order valence-corrected chi connectivity index (χ1v) is 6.03. The van der Waals surface area contributed by atoms with Gasteiger partial charge in [-0.25, -0.2) is 0 Å². The summed E-state index contributed by atoms with van der Waals surface area (Å²) < 4.78 is 4.22. The van der Waals surface area contributed by atoms with Crippen LogP contribution in [0, 0.1) is 0 Å². The molecule has 0 aliphatic carbocycles. The summed E-state index contributed by atoms with van der Waals surface area (Å²) in [6.07, 6.45) is 4.14. The molecule has 17 heavy (non-hydrogen) atoms. The zero-order chi connectivity index (χ0) is 12.3. The summed E-state index contributed by atoms with van der Waals surface area (Å²) in [4.78, 5) is 0. The average Bonchev–Trinajstić information content (AvgIpc) is 2.90. The minimum absolute atomic E-state index is 0.421. The first-order chi connectivity index (χ1) is 8.20. The van der Waals surface area contributed by atoms with Gasteiger partial charge in [-0.05, 0) is 39.1 Å². The number of hydrogen-bond acceptors (Lipinski definition) is 2. The minimum atomic E-state index is 0.421. The van der Waals surface area contributed by atoms with Crippen LogP contribution >= 0.6 is 0 Å². The van der Waals surface area contributed by atoms with Crippen molar-refractivity contribution in [3.05, 3.63) is 42.0 Å². The molecule has 0 amide bonds. The Labute approximate surface area is 102 Å². The molecule has 0 radical (unpaired) electrons. The predicted octanol–water partition coefficient (Wildman–Crippen LogP) is 2.03. The highest BCUT2D eigenvalue weighted by Gasteiger charge is 2.05. The molecule has 92 valence electrons. The summed E-state index contributed by atoms with van der Waals surface area (Å²) in [7, 11) is 1.96. The monoisotopic (exact) mass is 232 g/mol. The molecule has 0 atom stereocenters. The quantitative estimate of drug-likeness (QED) is 0.856. The van der Waals surface area contributed by atoms with Crippen molar-refractivity contribution in [3.63, 3.8) is 0 Å². The summed E-state index contributed by atoms with van der Waals surface area (Å²) in [5.74, 6) is 0. The molecule has 0 aliphatic heterocycles. The van der Waals surface area contributed by atoms with Gasteiger partial charge in [-0.2, -0.15) is 5.10 Å². The minimum Gasteiger partial charge on any atom is -0.344 e. The highest BCUT2D eigenvalue weighted by molar-refractivity contribution is 5.10. The fourth-order valence-corrected chi connectivity index (χ4v) is 1.87. The van der Waals surface area contributed by atoms with Crippen molar-refractivity contribution in [3.8, 4) is 0 Å². The van der Waals surface area contributed by atoms with Crippen LogP contribution in [-0.2, 0) is 13.1 Å². The van der Waals surface area contributed by atoms with Gasteiger partial charge < -0.3 is 9.88 Å². The Morgan fingerprint density at radius 1 is 1.29 bits per heavy atom. The Morgan fingerprint density at radius 2 is 2.12 bits per heavy atom. The number of hydrogen-bond donors (Lipinski definition) is 1. The van der Waals surface area contributed by atoms with E-state index >= 15 is 0 Å². The van der Waals surface area contributed by atoms with Crippen LogP contribution in [0.4, 0.5) is 0 Å². The van der Waals surface area contributed by atoms with Gasteiger partial charge in [-0.15, -0.1) is 0 Å². The van der Waals surface area contributed by atoms with Crippen LogP contribution in [0.25, 0.3) is 0 Å². The molecule has 2 aromatic rings. The van der Waals surface area contributed by atoms with Crippen molar-refractivity contribution in [2.45, 2.75) is 33.0 Å². The molecular formula is C13H20N4. The lowest BCUT2D eigenvalue weighted by Crippen LogP contribution is -2.12. The average molecular weight is 232 g/mol. The van der Waals surface area contributed by atoms with Crippen LogP contribution in [0.1, 0.15) is 31.3 Å². The third kappa shape index (κ3) is 2.77. The van der Waals surface area contributed by atoms with E-state index < -0.39 is 0 Å². The van der Waals surface area contributed by atoms with Crippen molar-refractivity contribution < 1.29 is 0 Å². The van der Waals surface area contributed by atoms with Gasteiger partial charge in [0.15, 0.2) is 0 Å². The number of aromatic nitrogens is 3. The molecule has 1 N–H and O–H groups in total. The van der Waals surface area contributed by atoms with Crippen LogP contribution in [-0.4, -0.2) is 21.4 Å². The van der Waals surface area contributed by atoms with Crippen LogP contribution in [0.3, 0.4) is 0 Å². The van der Waals surface area contributed by atoms with Gasteiger partial charge in [0.25, 0.3) is 0 Å². The molecule has 0 unspecified atom stereocenters. The van der Waals surface area contributed by atoms with Crippen LogP contribution in [0.15, 0.2) is 30.6 Å². The number of nitrogens with zero attached hydrogens (tertiary/aromatic N) is 3. The second-order valence-electron chi connectivity index (χ2n) is 4.54. The van der Waals surface area contributed by atoms with E-state index in [-0.39, 0.29) is 0 Å². The molecule has 0 aromatic carbocycles. The summed E-state index contributed by atoms with van der Waals surface area (Å²) in [6.45, 7) is 6.00. The first kappa shape index (κ1) is 11.9. The van der Waals surface area contributed by atoms with Crippen molar-refractivity contribution in [1.29, 1.82) is 0 Å². The zero-order valence-corrected chi connectivity index (χ0v) is 10.7. The Balaban J connectivity index is 2.11. The zero-order valence-electron chi connectivity index (χ0n) is 10.7. The Bertz CT molecular complexity index is 467. The fourth-order valence-electron chi connectivity index (χ4n) is 1.87. The van der Waals surface area contributed by atoms with Gasteiger partial charge in [0.1, 0.15) is 0 Å². The second-order valence-corrected chi connectivity index (χ2v) is 4.54. The van der Waals surface area contributed by atoms with Gasteiger partial charge >= 0.3 is 0 Å². The molecule has 0 saturated heterocycles. The van der Waals surface area contributed by atoms with E-state index in [1.165, 1.54) is 5.69 Å². The van der Waals surface area contributed by atoms with Crippen molar-refractivity contribution >= 4 is 0 Å². The first-order valence-electron chi connectivity index (χ1n) is 6.03. The van der Waals surface area contributed by atoms with Crippen molar-refractivity contribution in [1.82, 2.24) is 19.7 Å². The van der Waals surface area contributed by atoms with Gasteiger partial charge in [0.2, 0.25) is 0 Å². The predicted molar refractivity (Wildman–Crippen MR) is 68.9 cm³/mol. The standard InChI is InChI=1S/C13H20N4/c1-11(2)17-8-6-12(15-17)10-16-7-4-5-13(16)9-14-3/h4-8,11,14H,9-10H2,1-3H3. The van der Waals surface area contributed by atoms with Crippen LogP contribution in [0.2, 0.25) is 0 Å². The summed E-state index contributed by atoms with van der Waals surface area (Å²) in [5.41, 5.74) is 2.39. The van der Waals surface area contributed by atoms with Gasteiger partial charge in [0, 0.05) is 30.7 Å². The summed E-state index contributed by atoms with van der Waals surface area (Å²) in [5, 5.41) is 7.73. The van der Waals surface area contributed by atoms with Gasteiger partial charge in [-0.3, -0.25) is 4.68 Å². The molecule has 0 aliphatic rings. The lowest BCUT2D eigenvalue weighted by molar-refractivity contribution is 0.522. The molecule has 2 aromatic heterocycles. The Morgan fingerprint density at radius 3 is 2.76 bits per heavy atom. The largest absolute Gasteiger partial charge is 0.344 e. The van der Waals surface area contributed by atoms with E-state index in [4.69, 9.17) is 0 Å². The highest BCUT2D eigenvalue weighted by atomic mass is 15.3. The van der Waals surface area contributed by atoms with Gasteiger partial charge in [0.05, 0.1) is 12.2 Å². The van der Waals surface area contributed by atoms with E-state index in [9.17, 15) is 0 Å². The number of rotatable bonds is 5. The lowest BCUT2D eigenvalue weighted by atomic mass is 10.4. The molecule has 4 heteroatoms. The summed E-state index contributed by atoms with van der Waals surface area (Å²) in [6, 6.07) is 6.72. The Kier molecular flexibility index (Phi) is 3.64. The lowest BCUT2D eigenvalue weighted by Gasteiger charge is -2.07. The van der Waals surface area contributed by atoms with Crippen LogP contribution < -0.4 is 5.32 Å². The third-order valence-corrected chi connectivity index (χ3v) is 2.81. The molecule has 2 heterocycles. The Hall–Kier alpha value is -1.55. The third-order valence-electron chi connectivity index (χ3n) is 2.81. The van der Waals surface area contributed by atoms with Crippen molar-refractivity contribution in [2.24, 2.45) is 0 Å². The molecule has 0 bridgehead atoms. The van der Waals surface area contributed by atoms with Crippen LogP contribution in [0.5, 0.6) is 0 Å². The maximum absolute atomic E-state index is 4.56. The van der Waals surface area contributed by atoms with Crippen molar-refractivity contribution in [2.75, 3.05) is 7.05 Å². The van der Waals surface area contributed by atoms with E-state index in [1.807, 2.05) is 17.9 Å².